The van der Waals surface area contributed by atoms with E-state index in [1.807, 2.05) is 6.07 Å². The standard InChI is InChI=1S/C48H57FO13/c1-7-9-10-11-12-13-34-14-20-40(41(49)26-34)36-17-21-39(37(27-36)28-58-44(52)8-2)35-15-18-38(19-16-35)59-29-48(30-60-45(53)33(3)4,31-61-46(54)42(50)22-24-56-5)32-62-47(55)43(51)23-25-57-6/h8,14-21,26-27H,2-3,7,9-13,22-25,28-32H2,1,4-6H3. The number of carbonyl (C=O) groups excluding carboxylic acids is 6. The predicted molar refractivity (Wildman–Crippen MR) is 228 cm³/mol. The summed E-state index contributed by atoms with van der Waals surface area (Å²) in [7, 11) is 2.72. The van der Waals surface area contributed by atoms with Gasteiger partial charge in [-0.15, -0.1) is 0 Å². The first kappa shape index (κ1) is 50.4. The van der Waals surface area contributed by atoms with Crippen molar-refractivity contribution in [2.75, 3.05) is 53.9 Å². The number of esters is 4. The molecular formula is C48H57FO13. The number of halogens is 1. The number of aryl methyl sites for hydroxylation is 1. The van der Waals surface area contributed by atoms with Gasteiger partial charge in [-0.1, -0.05) is 82.2 Å². The summed E-state index contributed by atoms with van der Waals surface area (Å²) < 4.78 is 52.8. The van der Waals surface area contributed by atoms with Gasteiger partial charge in [0.1, 0.15) is 50.0 Å². The molecule has 62 heavy (non-hydrogen) atoms. The Hall–Kier alpha value is -5.99. The summed E-state index contributed by atoms with van der Waals surface area (Å²) >= 11 is 0. The van der Waals surface area contributed by atoms with E-state index in [9.17, 15) is 28.8 Å². The number of unbranched alkanes of at least 4 members (excludes halogenated alkanes) is 4. The Morgan fingerprint density at radius 2 is 1.24 bits per heavy atom. The van der Waals surface area contributed by atoms with Gasteiger partial charge in [-0.3, -0.25) is 9.59 Å². The minimum atomic E-state index is -1.63. The number of hydrogen-bond donors (Lipinski definition) is 0. The van der Waals surface area contributed by atoms with E-state index in [2.05, 4.69) is 20.1 Å². The molecule has 3 aromatic carbocycles. The minimum Gasteiger partial charge on any atom is -0.493 e. The van der Waals surface area contributed by atoms with Crippen molar-refractivity contribution in [2.24, 2.45) is 5.41 Å². The van der Waals surface area contributed by atoms with Crippen LogP contribution in [0.15, 0.2) is 85.5 Å². The van der Waals surface area contributed by atoms with Crippen molar-refractivity contribution in [1.82, 2.24) is 0 Å². The molecular weight excluding hydrogens is 804 g/mol. The molecule has 0 bridgehead atoms. The molecule has 13 nitrogen and oxygen atoms in total. The van der Waals surface area contributed by atoms with Gasteiger partial charge in [-0.05, 0) is 71.8 Å². The second-order valence-electron chi connectivity index (χ2n) is 14.8. The third-order valence-corrected chi connectivity index (χ3v) is 9.66. The van der Waals surface area contributed by atoms with Crippen LogP contribution in [0.1, 0.15) is 69.9 Å². The molecule has 14 heteroatoms. The Kier molecular flexibility index (Phi) is 21.4. The molecule has 0 amide bonds. The average molecular weight is 861 g/mol. The van der Waals surface area contributed by atoms with Crippen molar-refractivity contribution >= 4 is 35.4 Å². The number of hydrogen-bond acceptors (Lipinski definition) is 13. The Labute approximate surface area is 362 Å². The molecule has 334 valence electrons. The minimum absolute atomic E-state index is 0.0348. The van der Waals surface area contributed by atoms with Gasteiger partial charge >= 0.3 is 23.9 Å². The second kappa shape index (κ2) is 26.4. The molecule has 0 spiro atoms. The first-order valence-corrected chi connectivity index (χ1v) is 20.4. The maximum atomic E-state index is 15.5. The van der Waals surface area contributed by atoms with Crippen LogP contribution in [0.4, 0.5) is 4.39 Å². The molecule has 0 aliphatic rings. The lowest BCUT2D eigenvalue weighted by Crippen LogP contribution is -2.45. The van der Waals surface area contributed by atoms with Gasteiger partial charge in [0, 0.05) is 44.3 Å². The molecule has 0 heterocycles. The lowest BCUT2D eigenvalue weighted by Gasteiger charge is -2.31. The fourth-order valence-electron chi connectivity index (χ4n) is 6.00. The molecule has 0 radical (unpaired) electrons. The number of ketones is 2. The van der Waals surface area contributed by atoms with Gasteiger partial charge in [-0.25, -0.2) is 23.6 Å². The highest BCUT2D eigenvalue weighted by Gasteiger charge is 2.39. The van der Waals surface area contributed by atoms with E-state index in [0.29, 0.717) is 27.8 Å². The van der Waals surface area contributed by atoms with Crippen molar-refractivity contribution in [3.8, 4) is 28.0 Å². The zero-order valence-electron chi connectivity index (χ0n) is 36.1. The first-order chi connectivity index (χ1) is 29.8. The zero-order valence-corrected chi connectivity index (χ0v) is 36.1. The molecule has 0 fully saturated rings. The van der Waals surface area contributed by atoms with Crippen LogP contribution in [0.5, 0.6) is 5.75 Å². The van der Waals surface area contributed by atoms with Crippen LogP contribution in [-0.4, -0.2) is 89.3 Å². The molecule has 0 N–H and O–H groups in total. The number of benzene rings is 3. The van der Waals surface area contributed by atoms with Gasteiger partial charge < -0.3 is 33.2 Å². The van der Waals surface area contributed by atoms with Gasteiger partial charge in [0.15, 0.2) is 0 Å². The zero-order chi connectivity index (χ0) is 45.5. The Morgan fingerprint density at radius 1 is 0.677 bits per heavy atom. The SMILES string of the molecule is C=CC(=O)OCc1cc(-c2ccc(CCCCCCC)cc2F)ccc1-c1ccc(OCC(COC(=O)C(=C)C)(COC(=O)C(=O)CCOC)COC(=O)C(=O)CCOC)cc1. The summed E-state index contributed by atoms with van der Waals surface area (Å²) in [4.78, 5) is 74.7. The van der Waals surface area contributed by atoms with E-state index in [0.717, 1.165) is 43.7 Å². The van der Waals surface area contributed by atoms with E-state index >= 15 is 4.39 Å². The largest absolute Gasteiger partial charge is 0.493 e. The number of rotatable bonds is 29. The molecule has 0 saturated heterocycles. The van der Waals surface area contributed by atoms with Crippen molar-refractivity contribution in [1.29, 1.82) is 0 Å². The fraction of sp³-hybridized carbons (Fsp3) is 0.417. The summed E-state index contributed by atoms with van der Waals surface area (Å²) in [5.74, 6) is -5.72. The van der Waals surface area contributed by atoms with E-state index in [1.165, 1.54) is 27.6 Å². The van der Waals surface area contributed by atoms with Crippen LogP contribution < -0.4 is 4.74 Å². The van der Waals surface area contributed by atoms with E-state index in [4.69, 9.17) is 33.2 Å². The van der Waals surface area contributed by atoms with Crippen LogP contribution in [0.2, 0.25) is 0 Å². The smallest absolute Gasteiger partial charge is 0.374 e. The quantitative estimate of drug-likeness (QED) is 0.0219. The Balaban J connectivity index is 1.92. The van der Waals surface area contributed by atoms with E-state index < -0.39 is 67.3 Å². The second-order valence-corrected chi connectivity index (χ2v) is 14.8. The topological polar surface area (TPSA) is 167 Å². The summed E-state index contributed by atoms with van der Waals surface area (Å²) in [5, 5.41) is 0. The Bertz CT molecular complexity index is 1990. The van der Waals surface area contributed by atoms with Crippen LogP contribution >= 0.6 is 0 Å². The summed E-state index contributed by atoms with van der Waals surface area (Å²) in [6.45, 7) is 8.21. The summed E-state index contributed by atoms with van der Waals surface area (Å²) in [6.07, 6.45) is 6.91. The maximum Gasteiger partial charge on any atom is 0.374 e. The molecule has 0 aliphatic carbocycles. The molecule has 0 aromatic heterocycles. The van der Waals surface area contributed by atoms with Gasteiger partial charge in [0.05, 0.1) is 13.2 Å². The highest BCUT2D eigenvalue weighted by Crippen LogP contribution is 2.33. The predicted octanol–water partition coefficient (Wildman–Crippen LogP) is 7.68. The van der Waals surface area contributed by atoms with Crippen molar-refractivity contribution in [2.45, 2.75) is 71.8 Å². The fourth-order valence-corrected chi connectivity index (χ4v) is 6.00. The molecule has 0 saturated carbocycles. The first-order valence-electron chi connectivity index (χ1n) is 20.4. The van der Waals surface area contributed by atoms with Crippen LogP contribution in [0.25, 0.3) is 22.3 Å². The highest BCUT2D eigenvalue weighted by molar-refractivity contribution is 6.34. The van der Waals surface area contributed by atoms with E-state index in [-0.39, 0.29) is 49.8 Å². The van der Waals surface area contributed by atoms with Crippen molar-refractivity contribution in [3.63, 3.8) is 0 Å². The number of carbonyl (C=O) groups is 6. The summed E-state index contributed by atoms with van der Waals surface area (Å²) in [5.41, 5.74) is 2.29. The third kappa shape index (κ3) is 16.5. The van der Waals surface area contributed by atoms with Crippen LogP contribution in [0.3, 0.4) is 0 Å². The maximum absolute atomic E-state index is 15.5. The van der Waals surface area contributed by atoms with Gasteiger partial charge in [0.25, 0.3) is 0 Å². The summed E-state index contributed by atoms with van der Waals surface area (Å²) in [6, 6.07) is 17.3. The number of methoxy groups -OCH3 is 2. The molecule has 0 aliphatic heterocycles. The van der Waals surface area contributed by atoms with Crippen molar-refractivity contribution < 1.29 is 66.3 Å². The lowest BCUT2D eigenvalue weighted by atomic mass is 9.92. The monoisotopic (exact) mass is 860 g/mol. The normalized spacial score (nSPS) is 11.0. The molecule has 3 rings (SSSR count). The lowest BCUT2D eigenvalue weighted by molar-refractivity contribution is -0.169. The molecule has 0 unspecified atom stereocenters. The Morgan fingerprint density at radius 3 is 1.79 bits per heavy atom. The number of Topliss-reactive ketones (excluding diaryl/α,β-unsaturated/α-hetero) is 2. The van der Waals surface area contributed by atoms with E-state index in [1.54, 1.807) is 54.6 Å². The van der Waals surface area contributed by atoms with Crippen LogP contribution in [-0.2, 0) is 70.2 Å². The molecule has 3 aromatic rings. The highest BCUT2D eigenvalue weighted by atomic mass is 19.1. The van der Waals surface area contributed by atoms with Gasteiger partial charge in [0.2, 0.25) is 11.6 Å². The average Bonchev–Trinajstić information content (AvgIpc) is 3.28. The molecule has 0 atom stereocenters. The van der Waals surface area contributed by atoms with Crippen LogP contribution in [0, 0.1) is 11.2 Å². The van der Waals surface area contributed by atoms with Crippen molar-refractivity contribution in [3.05, 3.63) is 102 Å². The number of ether oxygens (including phenoxy) is 7. The third-order valence-electron chi connectivity index (χ3n) is 9.66. The van der Waals surface area contributed by atoms with Gasteiger partial charge in [-0.2, -0.15) is 0 Å².